The molecule has 0 saturated heterocycles. The second-order valence-electron chi connectivity index (χ2n) is 4.06. The molecule has 0 radical (unpaired) electrons. The minimum absolute atomic E-state index is 0.0279. The molecule has 100 valence electrons. The third-order valence-electron chi connectivity index (χ3n) is 2.48. The van der Waals surface area contributed by atoms with Crippen LogP contribution < -0.4 is 15.4 Å². The van der Waals surface area contributed by atoms with E-state index in [4.69, 9.17) is 4.74 Å². The van der Waals surface area contributed by atoms with Crippen LogP contribution in [-0.2, 0) is 4.79 Å². The molecule has 0 heterocycles. The molecule has 1 rings (SSSR count). The molecule has 1 aromatic carbocycles. The number of hydrogen-bond acceptors (Lipinski definition) is 3. The van der Waals surface area contributed by atoms with E-state index in [1.807, 2.05) is 32.0 Å². The highest BCUT2D eigenvalue weighted by Gasteiger charge is 2.11. The van der Waals surface area contributed by atoms with Crippen LogP contribution >= 0.6 is 15.9 Å². The Kier molecular flexibility index (Phi) is 6.15. The van der Waals surface area contributed by atoms with Gasteiger partial charge in [-0.2, -0.15) is 0 Å². The van der Waals surface area contributed by atoms with Crippen molar-refractivity contribution in [2.45, 2.75) is 26.3 Å². The monoisotopic (exact) mass is 314 g/mol. The lowest BCUT2D eigenvalue weighted by atomic mass is 10.2. The van der Waals surface area contributed by atoms with Crippen LogP contribution in [0.4, 0.5) is 5.69 Å². The van der Waals surface area contributed by atoms with Crippen molar-refractivity contribution in [3.63, 3.8) is 0 Å². The van der Waals surface area contributed by atoms with E-state index in [9.17, 15) is 4.79 Å². The van der Waals surface area contributed by atoms with Gasteiger partial charge in [-0.05, 0) is 31.7 Å². The van der Waals surface area contributed by atoms with E-state index >= 15 is 0 Å². The normalized spacial score (nSPS) is 12.0. The smallest absolute Gasteiger partial charge is 0.226 e. The minimum Gasteiger partial charge on any atom is -0.495 e. The summed E-state index contributed by atoms with van der Waals surface area (Å²) in [5.41, 5.74) is 0.681. The molecule has 1 amide bonds. The number of halogens is 1. The molecule has 2 N–H and O–H groups in total. The molecule has 0 bridgehead atoms. The van der Waals surface area contributed by atoms with Gasteiger partial charge in [-0.1, -0.05) is 22.9 Å². The molecule has 0 aromatic heterocycles. The summed E-state index contributed by atoms with van der Waals surface area (Å²) >= 11 is 3.37. The van der Waals surface area contributed by atoms with Crippen molar-refractivity contribution in [3.8, 4) is 5.75 Å². The van der Waals surface area contributed by atoms with Crippen LogP contribution in [-0.4, -0.2) is 25.6 Å². The molecule has 18 heavy (non-hydrogen) atoms. The number of benzene rings is 1. The second-order valence-corrected chi connectivity index (χ2v) is 4.97. The predicted octanol–water partition coefficient (Wildman–Crippen LogP) is 2.78. The van der Waals surface area contributed by atoms with Crippen LogP contribution in [0.1, 0.15) is 20.3 Å². The molecule has 0 fully saturated rings. The van der Waals surface area contributed by atoms with Crippen LogP contribution in [0, 0.1) is 0 Å². The molecule has 1 atom stereocenters. The van der Waals surface area contributed by atoms with Crippen LogP contribution in [0.3, 0.4) is 0 Å². The van der Waals surface area contributed by atoms with Crippen LogP contribution in [0.25, 0.3) is 0 Å². The Hall–Kier alpha value is -1.07. The second kappa shape index (κ2) is 7.38. The predicted molar refractivity (Wildman–Crippen MR) is 77.1 cm³/mol. The molecule has 0 saturated carbocycles. The highest BCUT2D eigenvalue weighted by molar-refractivity contribution is 9.10. The van der Waals surface area contributed by atoms with E-state index in [0.29, 0.717) is 17.9 Å². The first kappa shape index (κ1) is 15.0. The third kappa shape index (κ3) is 4.66. The zero-order valence-electron chi connectivity index (χ0n) is 10.9. The summed E-state index contributed by atoms with van der Waals surface area (Å²) in [5.74, 6) is 0.627. The Morgan fingerprint density at radius 2 is 2.22 bits per heavy atom. The maximum atomic E-state index is 11.9. The molecular formula is C13H19BrN2O2. The SMILES string of the molecule is CCNC(C)CC(=O)Nc1cc(Br)ccc1OC. The first-order valence-electron chi connectivity index (χ1n) is 5.93. The van der Waals surface area contributed by atoms with Crippen LogP contribution in [0.15, 0.2) is 22.7 Å². The summed E-state index contributed by atoms with van der Waals surface area (Å²) in [7, 11) is 1.58. The van der Waals surface area contributed by atoms with Gasteiger partial charge in [0, 0.05) is 16.9 Å². The molecule has 0 aliphatic heterocycles. The van der Waals surface area contributed by atoms with Gasteiger partial charge in [-0.3, -0.25) is 4.79 Å². The number of carbonyl (C=O) groups is 1. The Morgan fingerprint density at radius 1 is 1.50 bits per heavy atom. The summed E-state index contributed by atoms with van der Waals surface area (Å²) in [5, 5.41) is 6.06. The number of carbonyl (C=O) groups excluding carboxylic acids is 1. The summed E-state index contributed by atoms with van der Waals surface area (Å²) in [6.07, 6.45) is 0.434. The van der Waals surface area contributed by atoms with Gasteiger partial charge in [-0.15, -0.1) is 0 Å². The van der Waals surface area contributed by atoms with Crippen molar-refractivity contribution >= 4 is 27.5 Å². The maximum Gasteiger partial charge on any atom is 0.226 e. The summed E-state index contributed by atoms with van der Waals surface area (Å²) in [6.45, 7) is 4.86. The third-order valence-corrected chi connectivity index (χ3v) is 2.97. The quantitative estimate of drug-likeness (QED) is 0.849. The molecule has 4 nitrogen and oxygen atoms in total. The molecule has 0 spiro atoms. The number of rotatable bonds is 6. The van der Waals surface area contributed by atoms with E-state index in [2.05, 4.69) is 26.6 Å². The van der Waals surface area contributed by atoms with Crippen molar-refractivity contribution in [3.05, 3.63) is 22.7 Å². The fourth-order valence-electron chi connectivity index (χ4n) is 1.68. The fourth-order valence-corrected chi connectivity index (χ4v) is 2.04. The van der Waals surface area contributed by atoms with Crippen molar-refractivity contribution in [1.82, 2.24) is 5.32 Å². The van der Waals surface area contributed by atoms with Gasteiger partial charge in [0.1, 0.15) is 5.75 Å². The Labute approximate surface area is 116 Å². The minimum atomic E-state index is -0.0279. The number of methoxy groups -OCH3 is 1. The van der Waals surface area contributed by atoms with E-state index in [-0.39, 0.29) is 11.9 Å². The number of amides is 1. The standard InChI is InChI=1S/C13H19BrN2O2/c1-4-15-9(2)7-13(17)16-11-8-10(14)5-6-12(11)18-3/h5-6,8-9,15H,4,7H2,1-3H3,(H,16,17). The first-order valence-corrected chi connectivity index (χ1v) is 6.72. The van der Waals surface area contributed by atoms with Crippen LogP contribution in [0.5, 0.6) is 5.75 Å². The molecule has 0 aliphatic rings. The zero-order chi connectivity index (χ0) is 13.5. The molecular weight excluding hydrogens is 296 g/mol. The van der Waals surface area contributed by atoms with Gasteiger partial charge in [0.05, 0.1) is 12.8 Å². The molecule has 1 aromatic rings. The number of hydrogen-bond donors (Lipinski definition) is 2. The molecule has 1 unspecified atom stereocenters. The maximum absolute atomic E-state index is 11.9. The van der Waals surface area contributed by atoms with Crippen molar-refractivity contribution in [1.29, 1.82) is 0 Å². The topological polar surface area (TPSA) is 50.4 Å². The zero-order valence-corrected chi connectivity index (χ0v) is 12.5. The van der Waals surface area contributed by atoms with E-state index in [0.717, 1.165) is 11.0 Å². The molecule has 0 aliphatic carbocycles. The van der Waals surface area contributed by atoms with E-state index in [1.165, 1.54) is 0 Å². The summed E-state index contributed by atoms with van der Waals surface area (Å²) in [4.78, 5) is 11.9. The largest absolute Gasteiger partial charge is 0.495 e. The Morgan fingerprint density at radius 3 is 2.83 bits per heavy atom. The number of anilines is 1. The van der Waals surface area contributed by atoms with Gasteiger partial charge < -0.3 is 15.4 Å². The van der Waals surface area contributed by atoms with Gasteiger partial charge in [-0.25, -0.2) is 0 Å². The van der Waals surface area contributed by atoms with Gasteiger partial charge in [0.2, 0.25) is 5.91 Å². The molecule has 5 heteroatoms. The number of nitrogens with one attached hydrogen (secondary N) is 2. The van der Waals surface area contributed by atoms with Crippen molar-refractivity contribution in [2.75, 3.05) is 19.0 Å². The first-order chi connectivity index (χ1) is 8.56. The highest BCUT2D eigenvalue weighted by Crippen LogP contribution is 2.27. The Balaban J connectivity index is 2.66. The highest BCUT2D eigenvalue weighted by atomic mass is 79.9. The summed E-state index contributed by atoms with van der Waals surface area (Å²) < 4.78 is 6.10. The van der Waals surface area contributed by atoms with Crippen LogP contribution in [0.2, 0.25) is 0 Å². The average Bonchev–Trinajstić information content (AvgIpc) is 2.29. The lowest BCUT2D eigenvalue weighted by molar-refractivity contribution is -0.116. The average molecular weight is 315 g/mol. The van der Waals surface area contributed by atoms with Crippen molar-refractivity contribution < 1.29 is 9.53 Å². The van der Waals surface area contributed by atoms with E-state index in [1.54, 1.807) is 7.11 Å². The van der Waals surface area contributed by atoms with E-state index < -0.39 is 0 Å². The lowest BCUT2D eigenvalue weighted by Gasteiger charge is -2.14. The number of ether oxygens (including phenoxy) is 1. The lowest BCUT2D eigenvalue weighted by Crippen LogP contribution is -2.30. The van der Waals surface area contributed by atoms with Gasteiger partial charge in [0.15, 0.2) is 0 Å². The summed E-state index contributed by atoms with van der Waals surface area (Å²) in [6, 6.07) is 5.67. The van der Waals surface area contributed by atoms with Gasteiger partial charge in [0.25, 0.3) is 0 Å². The fraction of sp³-hybridized carbons (Fsp3) is 0.462. The van der Waals surface area contributed by atoms with Crippen molar-refractivity contribution in [2.24, 2.45) is 0 Å². The van der Waals surface area contributed by atoms with Gasteiger partial charge >= 0.3 is 0 Å². The Bertz CT molecular complexity index is 410.